The number of hydrogen-bond donors (Lipinski definition) is 2. The van der Waals surface area contributed by atoms with E-state index in [9.17, 15) is 4.79 Å². The molecule has 1 saturated heterocycles. The monoisotopic (exact) mass is 228 g/mol. The summed E-state index contributed by atoms with van der Waals surface area (Å²) >= 11 is 0. The molecule has 0 aromatic carbocycles. The number of likely N-dealkylation sites (tertiary alicyclic amines) is 1. The van der Waals surface area contributed by atoms with Gasteiger partial charge in [-0.15, -0.1) is 0 Å². The molecule has 4 heteroatoms. The molecule has 4 nitrogen and oxygen atoms in total. The van der Waals surface area contributed by atoms with E-state index < -0.39 is 0 Å². The van der Waals surface area contributed by atoms with Crippen LogP contribution in [0.25, 0.3) is 0 Å². The average Bonchev–Trinajstić information content (AvgIpc) is 2.55. The van der Waals surface area contributed by atoms with Gasteiger partial charge in [0.05, 0.1) is 6.54 Å². The summed E-state index contributed by atoms with van der Waals surface area (Å²) < 4.78 is 0. The Hall–Kier alpha value is -0.610. The molecule has 0 spiro atoms. The number of hydrogen-bond acceptors (Lipinski definition) is 3. The lowest BCUT2D eigenvalue weighted by Gasteiger charge is -2.21. The van der Waals surface area contributed by atoms with Crippen molar-refractivity contribution in [2.75, 3.05) is 26.2 Å². The van der Waals surface area contributed by atoms with Crippen molar-refractivity contribution in [3.63, 3.8) is 0 Å². The van der Waals surface area contributed by atoms with Crippen LogP contribution in [-0.2, 0) is 4.79 Å². The van der Waals surface area contributed by atoms with E-state index in [0.717, 1.165) is 25.9 Å². The fraction of sp³-hybridized carbons (Fsp3) is 0.917. The van der Waals surface area contributed by atoms with Crippen molar-refractivity contribution in [1.29, 1.82) is 0 Å². The number of nitrogens with one attached hydrogen (secondary N) is 1. The van der Waals surface area contributed by atoms with Gasteiger partial charge in [0.1, 0.15) is 0 Å². The zero-order valence-electron chi connectivity index (χ0n) is 10.2. The minimum atomic E-state index is 0.173. The molecule has 1 aliphatic heterocycles. The molecule has 0 bridgehead atoms. The van der Waals surface area contributed by atoms with Crippen LogP contribution in [0.4, 0.5) is 0 Å². The Bertz CT molecular complexity index is 201. The Kier molecular flexibility index (Phi) is 6.42. The fourth-order valence-electron chi connectivity index (χ4n) is 1.99. The SMILES string of the molecule is CC(CCO)NCC(=O)N1CCCCCC1. The van der Waals surface area contributed by atoms with Crippen molar-refractivity contribution >= 4 is 5.91 Å². The van der Waals surface area contributed by atoms with Crippen LogP contribution in [-0.4, -0.2) is 48.2 Å². The maximum Gasteiger partial charge on any atom is 0.236 e. The van der Waals surface area contributed by atoms with Crippen molar-refractivity contribution in [3.8, 4) is 0 Å². The van der Waals surface area contributed by atoms with Crippen molar-refractivity contribution in [1.82, 2.24) is 10.2 Å². The largest absolute Gasteiger partial charge is 0.396 e. The lowest BCUT2D eigenvalue weighted by Crippen LogP contribution is -2.41. The molecule has 1 amide bonds. The standard InChI is InChI=1S/C12H24N2O2/c1-11(6-9-15)13-10-12(16)14-7-4-2-3-5-8-14/h11,13,15H,2-10H2,1H3. The van der Waals surface area contributed by atoms with Crippen LogP contribution in [0.5, 0.6) is 0 Å². The maximum absolute atomic E-state index is 11.9. The Balaban J connectivity index is 2.22. The number of amides is 1. The lowest BCUT2D eigenvalue weighted by atomic mass is 10.2. The van der Waals surface area contributed by atoms with E-state index in [4.69, 9.17) is 5.11 Å². The molecule has 1 rings (SSSR count). The first kappa shape index (κ1) is 13.5. The van der Waals surface area contributed by atoms with Gasteiger partial charge in [0, 0.05) is 25.7 Å². The van der Waals surface area contributed by atoms with Crippen LogP contribution in [0.3, 0.4) is 0 Å². The third kappa shape index (κ3) is 4.94. The first-order valence-corrected chi connectivity index (χ1v) is 6.36. The number of rotatable bonds is 5. The van der Waals surface area contributed by atoms with E-state index in [2.05, 4.69) is 5.32 Å². The van der Waals surface area contributed by atoms with Gasteiger partial charge in [0.25, 0.3) is 0 Å². The number of carbonyl (C=O) groups excluding carboxylic acids is 1. The highest BCUT2D eigenvalue weighted by molar-refractivity contribution is 5.78. The van der Waals surface area contributed by atoms with Crippen molar-refractivity contribution in [3.05, 3.63) is 0 Å². The van der Waals surface area contributed by atoms with Gasteiger partial charge in [-0.25, -0.2) is 0 Å². The molecule has 0 saturated carbocycles. The van der Waals surface area contributed by atoms with E-state index in [1.807, 2.05) is 11.8 Å². The molecule has 0 aliphatic carbocycles. The molecule has 1 aliphatic rings. The highest BCUT2D eigenvalue weighted by atomic mass is 16.3. The fourth-order valence-corrected chi connectivity index (χ4v) is 1.99. The summed E-state index contributed by atoms with van der Waals surface area (Å²) in [4.78, 5) is 13.8. The van der Waals surface area contributed by atoms with E-state index in [-0.39, 0.29) is 18.6 Å². The van der Waals surface area contributed by atoms with Gasteiger partial charge in [-0.05, 0) is 26.2 Å². The Morgan fingerprint density at radius 3 is 2.50 bits per heavy atom. The van der Waals surface area contributed by atoms with Crippen LogP contribution >= 0.6 is 0 Å². The molecule has 1 atom stereocenters. The Morgan fingerprint density at radius 2 is 1.94 bits per heavy atom. The first-order chi connectivity index (χ1) is 7.74. The number of aliphatic hydroxyl groups is 1. The molecule has 1 heterocycles. The first-order valence-electron chi connectivity index (χ1n) is 6.36. The van der Waals surface area contributed by atoms with Crippen LogP contribution in [0.2, 0.25) is 0 Å². The second-order valence-corrected chi connectivity index (χ2v) is 4.59. The van der Waals surface area contributed by atoms with E-state index >= 15 is 0 Å². The van der Waals surface area contributed by atoms with E-state index in [1.54, 1.807) is 0 Å². The molecule has 16 heavy (non-hydrogen) atoms. The third-order valence-electron chi connectivity index (χ3n) is 3.12. The van der Waals surface area contributed by atoms with Crippen LogP contribution in [0, 0.1) is 0 Å². The van der Waals surface area contributed by atoms with Crippen molar-refractivity contribution < 1.29 is 9.90 Å². The minimum absolute atomic E-state index is 0.173. The molecule has 1 fully saturated rings. The third-order valence-corrected chi connectivity index (χ3v) is 3.12. The zero-order chi connectivity index (χ0) is 11.8. The minimum Gasteiger partial charge on any atom is -0.396 e. The molecule has 0 radical (unpaired) electrons. The average molecular weight is 228 g/mol. The molecular weight excluding hydrogens is 204 g/mol. The lowest BCUT2D eigenvalue weighted by molar-refractivity contribution is -0.130. The summed E-state index contributed by atoms with van der Waals surface area (Å²) in [6.07, 6.45) is 5.47. The van der Waals surface area contributed by atoms with E-state index in [0.29, 0.717) is 13.0 Å². The summed E-state index contributed by atoms with van der Waals surface area (Å²) in [7, 11) is 0. The molecular formula is C12H24N2O2. The Morgan fingerprint density at radius 1 is 1.31 bits per heavy atom. The molecule has 94 valence electrons. The van der Waals surface area contributed by atoms with Gasteiger partial charge in [-0.3, -0.25) is 4.79 Å². The predicted molar refractivity (Wildman–Crippen MR) is 64.2 cm³/mol. The van der Waals surface area contributed by atoms with Crippen molar-refractivity contribution in [2.24, 2.45) is 0 Å². The Labute approximate surface area is 98.0 Å². The van der Waals surface area contributed by atoms with Crippen LogP contribution in [0.1, 0.15) is 39.0 Å². The van der Waals surface area contributed by atoms with Gasteiger partial charge in [-0.1, -0.05) is 12.8 Å². The van der Waals surface area contributed by atoms with Crippen LogP contribution < -0.4 is 5.32 Å². The summed E-state index contributed by atoms with van der Waals surface area (Å²) in [5.41, 5.74) is 0. The highest BCUT2D eigenvalue weighted by Gasteiger charge is 2.15. The smallest absolute Gasteiger partial charge is 0.236 e. The quantitative estimate of drug-likeness (QED) is 0.730. The van der Waals surface area contributed by atoms with Gasteiger partial charge < -0.3 is 15.3 Å². The zero-order valence-corrected chi connectivity index (χ0v) is 10.2. The molecule has 0 aromatic rings. The molecule has 1 unspecified atom stereocenters. The topological polar surface area (TPSA) is 52.6 Å². The van der Waals surface area contributed by atoms with Gasteiger partial charge in [0.15, 0.2) is 0 Å². The summed E-state index contributed by atoms with van der Waals surface area (Å²) in [5, 5.41) is 11.9. The number of carbonyl (C=O) groups is 1. The van der Waals surface area contributed by atoms with E-state index in [1.165, 1.54) is 12.8 Å². The number of aliphatic hydroxyl groups excluding tert-OH is 1. The molecule has 2 N–H and O–H groups in total. The number of nitrogens with zero attached hydrogens (tertiary/aromatic N) is 1. The highest BCUT2D eigenvalue weighted by Crippen LogP contribution is 2.09. The van der Waals surface area contributed by atoms with Crippen molar-refractivity contribution in [2.45, 2.75) is 45.1 Å². The van der Waals surface area contributed by atoms with Gasteiger partial charge in [0.2, 0.25) is 5.91 Å². The summed E-state index contributed by atoms with van der Waals surface area (Å²) in [6.45, 7) is 4.39. The summed E-state index contributed by atoms with van der Waals surface area (Å²) in [5.74, 6) is 0.201. The second kappa shape index (κ2) is 7.63. The predicted octanol–water partition coefficient (Wildman–Crippen LogP) is 0.749. The normalized spacial score (nSPS) is 19.2. The maximum atomic E-state index is 11.9. The second-order valence-electron chi connectivity index (χ2n) is 4.59. The summed E-state index contributed by atoms with van der Waals surface area (Å²) in [6, 6.07) is 0.209. The van der Waals surface area contributed by atoms with Crippen LogP contribution in [0.15, 0.2) is 0 Å². The van der Waals surface area contributed by atoms with Gasteiger partial charge in [-0.2, -0.15) is 0 Å². The van der Waals surface area contributed by atoms with Gasteiger partial charge >= 0.3 is 0 Å². The molecule has 0 aromatic heterocycles.